The van der Waals surface area contributed by atoms with E-state index in [0.717, 1.165) is 0 Å². The largest absolute Gasteiger partial charge is 1.00 e. The van der Waals surface area contributed by atoms with Gasteiger partial charge in [0.15, 0.2) is 0 Å². The smallest absolute Gasteiger partial charge is 0.870 e. The molecule has 0 spiro atoms. The van der Waals surface area contributed by atoms with E-state index >= 15 is 0 Å². The molecule has 0 heterocycles. The summed E-state index contributed by atoms with van der Waals surface area (Å²) in [6.45, 7) is 5.92. The van der Waals surface area contributed by atoms with Gasteiger partial charge in [-0.15, -0.1) is 0 Å². The Balaban J connectivity index is -0.000000180. The first kappa shape index (κ1) is 16.2. The Bertz CT molecular complexity index is 67.1. The fourth-order valence-corrected chi connectivity index (χ4v) is 0.144. The second-order valence-electron chi connectivity index (χ2n) is 2.33. The van der Waals surface area contributed by atoms with Crippen molar-refractivity contribution >= 4 is 6.47 Å². The summed E-state index contributed by atoms with van der Waals surface area (Å²) in [6, 6.07) is 0. The molecule has 0 aliphatic carbocycles. The first-order valence-electron chi connectivity index (χ1n) is 2.18. The Labute approximate surface area is 77.4 Å². The zero-order valence-corrected chi connectivity index (χ0v) is 8.34. The number of hydrogen-bond donors (Lipinski definition) is 0. The van der Waals surface area contributed by atoms with Gasteiger partial charge in [0, 0.05) is 0 Å². The fraction of sp³-hybridized carbons (Fsp3) is 0.800. The Kier molecular flexibility index (Phi) is 11.8. The third-order valence-corrected chi connectivity index (χ3v) is 0.402. The summed E-state index contributed by atoms with van der Waals surface area (Å²) in [5.41, 5.74) is -0.318. The Morgan fingerprint density at radius 2 is 1.67 bits per heavy atom. The molecule has 0 saturated heterocycles. The summed E-state index contributed by atoms with van der Waals surface area (Å²) >= 11 is 0. The molecule has 0 unspecified atom stereocenters. The molecule has 0 amide bonds. The molecule has 50 valence electrons. The van der Waals surface area contributed by atoms with Crippen molar-refractivity contribution in [3.05, 3.63) is 0 Å². The molecule has 0 aromatic heterocycles. The molecular weight excluding hydrogens is 131 g/mol. The van der Waals surface area contributed by atoms with E-state index in [4.69, 9.17) is 0 Å². The van der Waals surface area contributed by atoms with Gasteiger partial charge in [-0.2, -0.15) is 0 Å². The molecular formula is C5H11NaO3. The third-order valence-electron chi connectivity index (χ3n) is 0.402. The second kappa shape index (κ2) is 6.55. The van der Waals surface area contributed by atoms with Crippen LogP contribution in [0.25, 0.3) is 0 Å². The Morgan fingerprint density at radius 3 is 1.67 bits per heavy atom. The van der Waals surface area contributed by atoms with E-state index in [-0.39, 0.29) is 40.6 Å². The first-order valence-corrected chi connectivity index (χ1v) is 2.18. The van der Waals surface area contributed by atoms with E-state index in [2.05, 4.69) is 4.74 Å². The minimum absolute atomic E-state index is 0. The number of rotatable bonds is 1. The van der Waals surface area contributed by atoms with Crippen molar-refractivity contribution in [2.75, 3.05) is 0 Å². The monoisotopic (exact) mass is 142 g/mol. The van der Waals surface area contributed by atoms with Crippen molar-refractivity contribution < 1.29 is 44.6 Å². The maximum atomic E-state index is 9.60. The van der Waals surface area contributed by atoms with E-state index in [1.807, 2.05) is 20.8 Å². The molecule has 0 aliphatic heterocycles. The Morgan fingerprint density at radius 1 is 1.33 bits per heavy atom. The van der Waals surface area contributed by atoms with Gasteiger partial charge in [0.05, 0.1) is 0 Å². The standard InChI is InChI=1S/C5H10O2.Na.H2O/c1-5(2,3)7-4-6;;/h4H,1-3H3;;1H2/q;+1;/p-1. The van der Waals surface area contributed by atoms with Gasteiger partial charge in [-0.1, -0.05) is 0 Å². The van der Waals surface area contributed by atoms with Gasteiger partial charge >= 0.3 is 29.6 Å². The van der Waals surface area contributed by atoms with Gasteiger partial charge in [0.25, 0.3) is 6.47 Å². The van der Waals surface area contributed by atoms with Gasteiger partial charge in [0.1, 0.15) is 5.60 Å². The number of ether oxygens (including phenoxy) is 1. The topological polar surface area (TPSA) is 56.3 Å². The van der Waals surface area contributed by atoms with Crippen molar-refractivity contribution in [3.8, 4) is 0 Å². The van der Waals surface area contributed by atoms with Crippen LogP contribution in [0.5, 0.6) is 0 Å². The molecule has 1 N–H and O–H groups in total. The van der Waals surface area contributed by atoms with Crippen molar-refractivity contribution in [2.24, 2.45) is 0 Å². The number of hydrogen-bond acceptors (Lipinski definition) is 3. The van der Waals surface area contributed by atoms with Gasteiger partial charge in [-0.05, 0) is 20.8 Å². The molecule has 0 aromatic carbocycles. The van der Waals surface area contributed by atoms with Crippen LogP contribution in [0, 0.1) is 0 Å². The zero-order valence-electron chi connectivity index (χ0n) is 6.34. The van der Waals surface area contributed by atoms with E-state index in [0.29, 0.717) is 6.47 Å². The molecule has 0 bridgehead atoms. The van der Waals surface area contributed by atoms with E-state index < -0.39 is 0 Å². The van der Waals surface area contributed by atoms with Crippen molar-refractivity contribution in [1.82, 2.24) is 0 Å². The quantitative estimate of drug-likeness (QED) is 0.308. The molecule has 0 aliphatic rings. The fourth-order valence-electron chi connectivity index (χ4n) is 0.144. The van der Waals surface area contributed by atoms with E-state index in [1.165, 1.54) is 0 Å². The normalized spacial score (nSPS) is 8.33. The SMILES string of the molecule is CC(C)(C)OC=O.[Na+].[OH-]. The second-order valence-corrected chi connectivity index (χ2v) is 2.33. The molecule has 9 heavy (non-hydrogen) atoms. The molecule has 0 atom stereocenters. The molecule has 3 nitrogen and oxygen atoms in total. The summed E-state index contributed by atoms with van der Waals surface area (Å²) in [5, 5.41) is 0. The minimum atomic E-state index is -0.318. The van der Waals surface area contributed by atoms with Crippen LogP contribution in [0.2, 0.25) is 0 Å². The van der Waals surface area contributed by atoms with Crippen molar-refractivity contribution in [2.45, 2.75) is 26.4 Å². The van der Waals surface area contributed by atoms with Crippen LogP contribution >= 0.6 is 0 Å². The Hall–Kier alpha value is 0.430. The summed E-state index contributed by atoms with van der Waals surface area (Å²) < 4.78 is 4.55. The summed E-state index contributed by atoms with van der Waals surface area (Å²) in [6.07, 6.45) is 0. The predicted molar refractivity (Wildman–Crippen MR) is 28.8 cm³/mol. The van der Waals surface area contributed by atoms with Crippen LogP contribution in [-0.4, -0.2) is 17.5 Å². The third kappa shape index (κ3) is 17.8. The van der Waals surface area contributed by atoms with Crippen molar-refractivity contribution in [1.29, 1.82) is 0 Å². The van der Waals surface area contributed by atoms with E-state index in [9.17, 15) is 4.79 Å². The first-order chi connectivity index (χ1) is 3.06. The van der Waals surface area contributed by atoms with Crippen molar-refractivity contribution in [3.63, 3.8) is 0 Å². The molecule has 4 heteroatoms. The van der Waals surface area contributed by atoms with Crippen LogP contribution < -0.4 is 29.6 Å². The summed E-state index contributed by atoms with van der Waals surface area (Å²) in [4.78, 5) is 9.60. The zero-order chi connectivity index (χ0) is 5.91. The molecule has 0 aromatic rings. The van der Waals surface area contributed by atoms with Gasteiger partial charge in [-0.3, -0.25) is 4.79 Å². The molecule has 0 rings (SSSR count). The molecule has 0 fully saturated rings. The van der Waals surface area contributed by atoms with Crippen LogP contribution in [0.15, 0.2) is 0 Å². The molecule has 0 radical (unpaired) electrons. The molecule has 0 saturated carbocycles. The van der Waals surface area contributed by atoms with Crippen LogP contribution in [0.1, 0.15) is 20.8 Å². The summed E-state index contributed by atoms with van der Waals surface area (Å²) in [5.74, 6) is 0. The van der Waals surface area contributed by atoms with Gasteiger partial charge in [0.2, 0.25) is 0 Å². The summed E-state index contributed by atoms with van der Waals surface area (Å²) in [7, 11) is 0. The predicted octanol–water partition coefficient (Wildman–Crippen LogP) is -2.21. The van der Waals surface area contributed by atoms with Gasteiger partial charge in [-0.25, -0.2) is 0 Å². The maximum Gasteiger partial charge on any atom is 1.00 e. The van der Waals surface area contributed by atoms with Crippen LogP contribution in [0.3, 0.4) is 0 Å². The van der Waals surface area contributed by atoms with E-state index in [1.54, 1.807) is 0 Å². The minimum Gasteiger partial charge on any atom is -0.870 e. The average Bonchev–Trinajstić information content (AvgIpc) is 1.30. The van der Waals surface area contributed by atoms with Gasteiger partial charge < -0.3 is 10.2 Å². The average molecular weight is 142 g/mol. The maximum absolute atomic E-state index is 9.60. The van der Waals surface area contributed by atoms with Crippen LogP contribution in [-0.2, 0) is 9.53 Å². The number of carbonyl (C=O) groups is 1. The van der Waals surface area contributed by atoms with Crippen LogP contribution in [0.4, 0.5) is 0 Å². The number of carbonyl (C=O) groups excluding carboxylic acids is 1.